The lowest BCUT2D eigenvalue weighted by molar-refractivity contribution is 0.0883. The number of halogens is 1. The Bertz CT molecular complexity index is 492. The van der Waals surface area contributed by atoms with E-state index in [0.29, 0.717) is 11.6 Å². The largest absolute Gasteiger partial charge is 0.389 e. The molecule has 0 aromatic heterocycles. The van der Waals surface area contributed by atoms with Gasteiger partial charge in [0.15, 0.2) is 0 Å². The molecular formula is C15H22FN3S. The zero-order chi connectivity index (χ0) is 14.7. The third-order valence-electron chi connectivity index (χ3n) is 4.06. The maximum atomic E-state index is 13.3. The van der Waals surface area contributed by atoms with Gasteiger partial charge in [-0.25, -0.2) is 4.39 Å². The van der Waals surface area contributed by atoms with Gasteiger partial charge in [0, 0.05) is 37.8 Å². The summed E-state index contributed by atoms with van der Waals surface area (Å²) in [4.78, 5) is 5.06. The first-order valence-corrected chi connectivity index (χ1v) is 7.43. The fourth-order valence-electron chi connectivity index (χ4n) is 2.75. The predicted molar refractivity (Wildman–Crippen MR) is 84.3 cm³/mol. The highest BCUT2D eigenvalue weighted by Gasteiger charge is 2.23. The highest BCUT2D eigenvalue weighted by molar-refractivity contribution is 7.80. The molecule has 1 aromatic carbocycles. The lowest BCUT2D eigenvalue weighted by atomic mass is 10.0. The lowest BCUT2D eigenvalue weighted by Gasteiger charge is -2.39. The maximum absolute atomic E-state index is 13.3. The number of thiocarbonyl (C=S) groups is 1. The summed E-state index contributed by atoms with van der Waals surface area (Å²) in [7, 11) is 2.17. The van der Waals surface area contributed by atoms with E-state index in [1.807, 2.05) is 0 Å². The monoisotopic (exact) mass is 295 g/mol. The highest BCUT2D eigenvalue weighted by atomic mass is 32.1. The van der Waals surface area contributed by atoms with Gasteiger partial charge in [0.25, 0.3) is 0 Å². The number of rotatable bonds is 4. The van der Waals surface area contributed by atoms with Gasteiger partial charge in [-0.1, -0.05) is 25.2 Å². The average molecular weight is 295 g/mol. The topological polar surface area (TPSA) is 32.5 Å². The van der Waals surface area contributed by atoms with Crippen LogP contribution in [0.2, 0.25) is 0 Å². The van der Waals surface area contributed by atoms with E-state index in [9.17, 15) is 4.39 Å². The molecule has 110 valence electrons. The first-order chi connectivity index (χ1) is 9.51. The van der Waals surface area contributed by atoms with Crippen LogP contribution in [0.3, 0.4) is 0 Å². The summed E-state index contributed by atoms with van der Waals surface area (Å²) in [6, 6.07) is 5.29. The SMILES string of the molecule is CCC1CN(Cc2ccc(F)cc2C(N)=S)CCN1C. The van der Waals surface area contributed by atoms with Gasteiger partial charge in [-0.3, -0.25) is 4.90 Å². The smallest absolute Gasteiger partial charge is 0.123 e. The zero-order valence-electron chi connectivity index (χ0n) is 12.1. The number of likely N-dealkylation sites (N-methyl/N-ethyl adjacent to an activating group) is 1. The van der Waals surface area contributed by atoms with Crippen molar-refractivity contribution in [1.82, 2.24) is 9.80 Å². The molecule has 1 atom stereocenters. The van der Waals surface area contributed by atoms with Gasteiger partial charge < -0.3 is 10.6 Å². The minimum Gasteiger partial charge on any atom is -0.389 e. The van der Waals surface area contributed by atoms with Crippen LogP contribution in [-0.4, -0.2) is 47.5 Å². The van der Waals surface area contributed by atoms with Crippen molar-refractivity contribution in [3.63, 3.8) is 0 Å². The van der Waals surface area contributed by atoms with Crippen molar-refractivity contribution >= 4 is 17.2 Å². The fourth-order valence-corrected chi connectivity index (χ4v) is 2.94. The van der Waals surface area contributed by atoms with Crippen molar-refractivity contribution in [3.8, 4) is 0 Å². The molecule has 3 nitrogen and oxygen atoms in total. The molecule has 1 aliphatic rings. The molecule has 0 radical (unpaired) electrons. The van der Waals surface area contributed by atoms with Crippen LogP contribution in [0, 0.1) is 5.82 Å². The molecule has 0 aliphatic carbocycles. The van der Waals surface area contributed by atoms with Crippen LogP contribution in [0.15, 0.2) is 18.2 Å². The third-order valence-corrected chi connectivity index (χ3v) is 4.28. The van der Waals surface area contributed by atoms with Gasteiger partial charge in [-0.2, -0.15) is 0 Å². The summed E-state index contributed by atoms with van der Waals surface area (Å²) in [5.74, 6) is -0.290. The fraction of sp³-hybridized carbons (Fsp3) is 0.533. The number of nitrogens with two attached hydrogens (primary N) is 1. The summed E-state index contributed by atoms with van der Waals surface area (Å²) in [6.45, 7) is 6.09. The standard InChI is InChI=1S/C15H22FN3S/c1-3-13-10-19(7-6-18(13)2)9-11-4-5-12(16)8-14(11)15(17)20/h4-5,8,13H,3,6-7,9-10H2,1-2H3,(H2,17,20). The Labute approximate surface area is 125 Å². The Morgan fingerprint density at radius 3 is 2.85 bits per heavy atom. The molecule has 1 unspecified atom stereocenters. The van der Waals surface area contributed by atoms with Gasteiger partial charge in [0.1, 0.15) is 10.8 Å². The molecule has 1 fully saturated rings. The van der Waals surface area contributed by atoms with Gasteiger partial charge >= 0.3 is 0 Å². The first-order valence-electron chi connectivity index (χ1n) is 7.02. The summed E-state index contributed by atoms with van der Waals surface area (Å²) in [6.07, 6.45) is 1.14. The quantitative estimate of drug-likeness (QED) is 0.861. The molecule has 2 N–H and O–H groups in total. The van der Waals surface area contributed by atoms with Crippen LogP contribution in [-0.2, 0) is 6.54 Å². The predicted octanol–water partition coefficient (Wildman–Crippen LogP) is 1.99. The van der Waals surface area contributed by atoms with E-state index in [1.165, 1.54) is 12.1 Å². The number of nitrogens with zero attached hydrogens (tertiary/aromatic N) is 2. The van der Waals surface area contributed by atoms with Gasteiger partial charge in [-0.15, -0.1) is 0 Å². The Morgan fingerprint density at radius 1 is 1.45 bits per heavy atom. The summed E-state index contributed by atoms with van der Waals surface area (Å²) < 4.78 is 13.3. The molecule has 1 heterocycles. The van der Waals surface area contributed by atoms with Gasteiger partial charge in [-0.05, 0) is 31.2 Å². The second kappa shape index (κ2) is 6.61. The Morgan fingerprint density at radius 2 is 2.20 bits per heavy atom. The van der Waals surface area contributed by atoms with E-state index < -0.39 is 0 Å². The van der Waals surface area contributed by atoms with E-state index in [1.54, 1.807) is 6.07 Å². The number of piperazine rings is 1. The van der Waals surface area contributed by atoms with E-state index in [2.05, 4.69) is 23.8 Å². The van der Waals surface area contributed by atoms with E-state index in [4.69, 9.17) is 18.0 Å². The normalized spacial score (nSPS) is 21.1. The average Bonchev–Trinajstić information content (AvgIpc) is 2.42. The zero-order valence-corrected chi connectivity index (χ0v) is 12.9. The molecule has 1 aliphatic heterocycles. The van der Waals surface area contributed by atoms with E-state index in [-0.39, 0.29) is 10.8 Å². The summed E-state index contributed by atoms with van der Waals surface area (Å²) in [5.41, 5.74) is 7.37. The van der Waals surface area contributed by atoms with Crippen molar-refractivity contribution in [1.29, 1.82) is 0 Å². The Balaban J connectivity index is 2.12. The van der Waals surface area contributed by atoms with Crippen molar-refractivity contribution in [2.45, 2.75) is 25.9 Å². The number of hydrogen-bond donors (Lipinski definition) is 1. The molecule has 0 amide bonds. The lowest BCUT2D eigenvalue weighted by Crippen LogP contribution is -2.50. The van der Waals surface area contributed by atoms with Gasteiger partial charge in [0.05, 0.1) is 0 Å². The second-order valence-electron chi connectivity index (χ2n) is 5.44. The van der Waals surface area contributed by atoms with E-state index >= 15 is 0 Å². The van der Waals surface area contributed by atoms with Crippen molar-refractivity contribution in [2.75, 3.05) is 26.7 Å². The molecule has 5 heteroatoms. The van der Waals surface area contributed by atoms with Gasteiger partial charge in [0.2, 0.25) is 0 Å². The minimum absolute atomic E-state index is 0.265. The molecule has 0 saturated carbocycles. The van der Waals surface area contributed by atoms with E-state index in [0.717, 1.165) is 38.2 Å². The molecule has 1 saturated heterocycles. The molecule has 1 aromatic rings. The van der Waals surface area contributed by atoms with Crippen molar-refractivity contribution < 1.29 is 4.39 Å². The van der Waals surface area contributed by atoms with Crippen LogP contribution in [0.5, 0.6) is 0 Å². The van der Waals surface area contributed by atoms with Crippen LogP contribution >= 0.6 is 12.2 Å². The second-order valence-corrected chi connectivity index (χ2v) is 5.88. The molecular weight excluding hydrogens is 273 g/mol. The molecule has 0 bridgehead atoms. The van der Waals surface area contributed by atoms with Crippen molar-refractivity contribution in [2.24, 2.45) is 5.73 Å². The Kier molecular flexibility index (Phi) is 5.07. The number of benzene rings is 1. The third kappa shape index (κ3) is 3.53. The first kappa shape index (κ1) is 15.4. The number of hydrogen-bond acceptors (Lipinski definition) is 3. The van der Waals surface area contributed by atoms with Crippen molar-refractivity contribution in [3.05, 3.63) is 35.1 Å². The highest BCUT2D eigenvalue weighted by Crippen LogP contribution is 2.17. The molecule has 20 heavy (non-hydrogen) atoms. The minimum atomic E-state index is -0.290. The summed E-state index contributed by atoms with van der Waals surface area (Å²) >= 11 is 5.03. The van der Waals surface area contributed by atoms with Crippen LogP contribution in [0.1, 0.15) is 24.5 Å². The van der Waals surface area contributed by atoms with Crippen LogP contribution in [0.4, 0.5) is 4.39 Å². The Hall–Kier alpha value is -1.04. The van der Waals surface area contributed by atoms with Crippen LogP contribution in [0.25, 0.3) is 0 Å². The molecule has 0 spiro atoms. The maximum Gasteiger partial charge on any atom is 0.123 e. The summed E-state index contributed by atoms with van der Waals surface area (Å²) in [5, 5.41) is 0. The molecule has 2 rings (SSSR count). The van der Waals surface area contributed by atoms with Crippen LogP contribution < -0.4 is 5.73 Å².